The van der Waals surface area contributed by atoms with Gasteiger partial charge < -0.3 is 14.8 Å². The van der Waals surface area contributed by atoms with E-state index in [1.165, 1.54) is 0 Å². The summed E-state index contributed by atoms with van der Waals surface area (Å²) in [5, 5.41) is 4.68. The first-order valence-electron chi connectivity index (χ1n) is 5.92. The molecule has 18 heavy (non-hydrogen) atoms. The second kappa shape index (κ2) is 6.22. The molecule has 0 saturated carbocycles. The van der Waals surface area contributed by atoms with E-state index in [-0.39, 0.29) is 5.60 Å². The zero-order valence-electron chi connectivity index (χ0n) is 10.3. The van der Waals surface area contributed by atoms with E-state index in [1.54, 1.807) is 13.2 Å². The minimum Gasteiger partial charge on any atom is -0.378 e. The maximum Gasteiger partial charge on any atom is 0.106 e. The van der Waals surface area contributed by atoms with Crippen molar-refractivity contribution in [2.75, 3.05) is 26.9 Å². The summed E-state index contributed by atoms with van der Waals surface area (Å²) in [5.41, 5.74) is 0.875. The van der Waals surface area contributed by atoms with Crippen LogP contribution in [0.3, 0.4) is 0 Å². The van der Waals surface area contributed by atoms with Gasteiger partial charge in [-0.3, -0.25) is 0 Å². The van der Waals surface area contributed by atoms with E-state index in [0.29, 0.717) is 23.2 Å². The van der Waals surface area contributed by atoms with Crippen molar-refractivity contribution in [3.8, 4) is 0 Å². The molecule has 0 amide bonds. The number of rotatable bonds is 5. The lowest BCUT2D eigenvalue weighted by molar-refractivity contribution is -0.0159. The molecule has 1 N–H and O–H groups in total. The lowest BCUT2D eigenvalue weighted by Crippen LogP contribution is -2.42. The number of hydrogen-bond acceptors (Lipinski definition) is 3. The smallest absolute Gasteiger partial charge is 0.106 e. The Hall–Kier alpha value is -0.320. The zero-order valence-corrected chi connectivity index (χ0v) is 11.9. The molecule has 0 radical (unpaired) electrons. The summed E-state index contributed by atoms with van der Waals surface area (Å²) in [6.07, 6.45) is 0.923. The minimum atomic E-state index is -0.192. The predicted octanol–water partition coefficient (Wildman–Crippen LogP) is 2.89. The van der Waals surface area contributed by atoms with Gasteiger partial charge in [-0.05, 0) is 23.8 Å². The molecule has 0 bridgehead atoms. The third kappa shape index (κ3) is 3.59. The number of ether oxygens (including phenoxy) is 2. The van der Waals surface area contributed by atoms with Gasteiger partial charge in [0.15, 0.2) is 0 Å². The molecular weight excluding hydrogens is 273 g/mol. The number of halogens is 2. The topological polar surface area (TPSA) is 30.5 Å². The molecule has 1 aliphatic heterocycles. The van der Waals surface area contributed by atoms with Crippen LogP contribution in [0.1, 0.15) is 12.0 Å². The Kier molecular flexibility index (Phi) is 4.87. The van der Waals surface area contributed by atoms with Gasteiger partial charge >= 0.3 is 0 Å². The maximum absolute atomic E-state index is 5.95. The molecule has 1 unspecified atom stereocenters. The summed E-state index contributed by atoms with van der Waals surface area (Å²) in [5.74, 6) is 0. The fourth-order valence-electron chi connectivity index (χ4n) is 2.11. The number of methoxy groups -OCH3 is 1. The highest BCUT2D eigenvalue weighted by Crippen LogP contribution is 2.22. The molecule has 0 aromatic heterocycles. The molecule has 0 aliphatic carbocycles. The minimum absolute atomic E-state index is 0.192. The van der Waals surface area contributed by atoms with Crippen molar-refractivity contribution < 1.29 is 9.47 Å². The van der Waals surface area contributed by atoms with Gasteiger partial charge in [0.25, 0.3) is 0 Å². The monoisotopic (exact) mass is 289 g/mol. The van der Waals surface area contributed by atoms with Crippen LogP contribution in [-0.2, 0) is 16.0 Å². The van der Waals surface area contributed by atoms with Gasteiger partial charge in [0.2, 0.25) is 0 Å². The van der Waals surface area contributed by atoms with Gasteiger partial charge in [-0.25, -0.2) is 0 Å². The van der Waals surface area contributed by atoms with Crippen LogP contribution in [0, 0.1) is 0 Å². The van der Waals surface area contributed by atoms with E-state index >= 15 is 0 Å². The van der Waals surface area contributed by atoms with Crippen molar-refractivity contribution in [2.24, 2.45) is 0 Å². The molecule has 1 saturated heterocycles. The van der Waals surface area contributed by atoms with Crippen LogP contribution in [0.25, 0.3) is 0 Å². The average molecular weight is 290 g/mol. The van der Waals surface area contributed by atoms with E-state index in [0.717, 1.165) is 25.1 Å². The second-order valence-corrected chi connectivity index (χ2v) is 5.44. The van der Waals surface area contributed by atoms with Crippen molar-refractivity contribution in [1.82, 2.24) is 5.32 Å². The SMILES string of the molecule is COC1(CNCc2cc(Cl)cc(Cl)c2)CCOC1. The summed E-state index contributed by atoms with van der Waals surface area (Å²) in [4.78, 5) is 0. The van der Waals surface area contributed by atoms with Crippen LogP contribution in [0.5, 0.6) is 0 Å². The molecule has 1 fully saturated rings. The molecule has 1 atom stereocenters. The van der Waals surface area contributed by atoms with Crippen molar-refractivity contribution in [1.29, 1.82) is 0 Å². The first kappa shape index (κ1) is 14.1. The van der Waals surface area contributed by atoms with Gasteiger partial charge in [-0.15, -0.1) is 0 Å². The van der Waals surface area contributed by atoms with Gasteiger partial charge in [0.1, 0.15) is 5.60 Å². The molecule has 1 aliphatic rings. The van der Waals surface area contributed by atoms with Crippen molar-refractivity contribution >= 4 is 23.2 Å². The molecular formula is C13H17Cl2NO2. The summed E-state index contributed by atoms with van der Waals surface area (Å²) >= 11 is 11.9. The van der Waals surface area contributed by atoms with Crippen molar-refractivity contribution in [3.05, 3.63) is 33.8 Å². The van der Waals surface area contributed by atoms with Crippen LogP contribution in [0.4, 0.5) is 0 Å². The Morgan fingerprint density at radius 1 is 1.33 bits per heavy atom. The molecule has 100 valence electrons. The highest BCUT2D eigenvalue weighted by molar-refractivity contribution is 6.34. The van der Waals surface area contributed by atoms with Crippen LogP contribution in [-0.4, -0.2) is 32.5 Å². The Bertz CT molecular complexity index is 386. The van der Waals surface area contributed by atoms with Gasteiger partial charge in [0, 0.05) is 43.3 Å². The number of nitrogens with one attached hydrogen (secondary N) is 1. The third-order valence-corrected chi connectivity index (χ3v) is 3.64. The van der Waals surface area contributed by atoms with Crippen LogP contribution in [0.2, 0.25) is 10.0 Å². The van der Waals surface area contributed by atoms with Crippen LogP contribution < -0.4 is 5.32 Å². The average Bonchev–Trinajstić information content (AvgIpc) is 2.77. The maximum atomic E-state index is 5.95. The van der Waals surface area contributed by atoms with Crippen molar-refractivity contribution in [2.45, 2.75) is 18.6 Å². The van der Waals surface area contributed by atoms with E-state index in [2.05, 4.69) is 5.32 Å². The lowest BCUT2D eigenvalue weighted by Gasteiger charge is -2.26. The Morgan fingerprint density at radius 3 is 2.61 bits per heavy atom. The third-order valence-electron chi connectivity index (χ3n) is 3.20. The van der Waals surface area contributed by atoms with Gasteiger partial charge in [-0.2, -0.15) is 0 Å². The molecule has 3 nitrogen and oxygen atoms in total. The van der Waals surface area contributed by atoms with Crippen LogP contribution >= 0.6 is 23.2 Å². The van der Waals surface area contributed by atoms with Crippen LogP contribution in [0.15, 0.2) is 18.2 Å². The first-order valence-corrected chi connectivity index (χ1v) is 6.68. The first-order chi connectivity index (χ1) is 8.63. The lowest BCUT2D eigenvalue weighted by atomic mass is 10.0. The van der Waals surface area contributed by atoms with Gasteiger partial charge in [-0.1, -0.05) is 23.2 Å². The number of benzene rings is 1. The molecule has 2 rings (SSSR count). The Labute approximate surface area is 117 Å². The summed E-state index contributed by atoms with van der Waals surface area (Å²) < 4.78 is 10.9. The van der Waals surface area contributed by atoms with E-state index in [4.69, 9.17) is 32.7 Å². The predicted molar refractivity (Wildman–Crippen MR) is 73.3 cm³/mol. The van der Waals surface area contributed by atoms with E-state index in [9.17, 15) is 0 Å². The largest absolute Gasteiger partial charge is 0.378 e. The molecule has 1 heterocycles. The standard InChI is InChI=1S/C13H17Cl2NO2/c1-17-13(2-3-18-9-13)8-16-7-10-4-11(14)6-12(15)5-10/h4-6,16H,2-3,7-9H2,1H3. The molecule has 1 aromatic rings. The highest BCUT2D eigenvalue weighted by atomic mass is 35.5. The van der Waals surface area contributed by atoms with Gasteiger partial charge in [0.05, 0.1) is 6.61 Å². The zero-order chi connectivity index (χ0) is 13.0. The summed E-state index contributed by atoms with van der Waals surface area (Å²) in [6.45, 7) is 2.88. The molecule has 0 spiro atoms. The van der Waals surface area contributed by atoms with Crippen molar-refractivity contribution in [3.63, 3.8) is 0 Å². The quantitative estimate of drug-likeness (QED) is 0.904. The Morgan fingerprint density at radius 2 is 2.06 bits per heavy atom. The highest BCUT2D eigenvalue weighted by Gasteiger charge is 2.34. The Balaban J connectivity index is 1.87. The molecule has 1 aromatic carbocycles. The van der Waals surface area contributed by atoms with E-state index < -0.39 is 0 Å². The van der Waals surface area contributed by atoms with E-state index in [1.807, 2.05) is 12.1 Å². The summed E-state index contributed by atoms with van der Waals surface area (Å²) in [6, 6.07) is 5.55. The number of hydrogen-bond donors (Lipinski definition) is 1. The summed E-state index contributed by atoms with van der Waals surface area (Å²) in [7, 11) is 1.73. The fraction of sp³-hybridized carbons (Fsp3) is 0.538. The second-order valence-electron chi connectivity index (χ2n) is 4.57. The fourth-order valence-corrected chi connectivity index (χ4v) is 2.68. The molecule has 5 heteroatoms. The normalized spacial score (nSPS) is 23.5.